The predicted octanol–water partition coefficient (Wildman–Crippen LogP) is 7.60. The average molecular weight is 978 g/mol. The van der Waals surface area contributed by atoms with E-state index >= 15 is 0 Å². The topological polar surface area (TPSA) is 228 Å². The van der Waals surface area contributed by atoms with Gasteiger partial charge in [-0.05, 0) is 83.5 Å². The van der Waals surface area contributed by atoms with Crippen LogP contribution in [-0.2, 0) is 23.7 Å². The van der Waals surface area contributed by atoms with E-state index in [-0.39, 0.29) is 18.9 Å². The Hall–Kier alpha value is -2.57. The molecule has 9 N–H and O–H groups in total. The van der Waals surface area contributed by atoms with Crippen LogP contribution in [0, 0.1) is 0 Å². The average Bonchev–Trinajstić information content (AvgIpc) is 3.35. The van der Waals surface area contributed by atoms with Gasteiger partial charge in [-0.15, -0.1) is 0 Å². The summed E-state index contributed by atoms with van der Waals surface area (Å²) in [4.78, 5) is 13.2. The molecule has 2 saturated heterocycles. The Labute approximate surface area is 415 Å². The zero-order chi connectivity index (χ0) is 50.3. The quantitative estimate of drug-likeness (QED) is 0.0213. The van der Waals surface area contributed by atoms with Crippen molar-refractivity contribution in [2.75, 3.05) is 19.8 Å². The van der Waals surface area contributed by atoms with Gasteiger partial charge >= 0.3 is 0 Å². The highest BCUT2D eigenvalue weighted by molar-refractivity contribution is 5.76. The number of carbonyl (C=O) groups excluding carboxylic acids is 1. The molecule has 12 atom stereocenters. The van der Waals surface area contributed by atoms with Crippen LogP contribution in [0.4, 0.5) is 0 Å². The second-order valence-corrected chi connectivity index (χ2v) is 18.6. The van der Waals surface area contributed by atoms with Gasteiger partial charge in [-0.1, -0.05) is 157 Å². The van der Waals surface area contributed by atoms with E-state index < -0.39 is 86.8 Å². The van der Waals surface area contributed by atoms with Crippen LogP contribution in [0.25, 0.3) is 0 Å². The minimum absolute atomic E-state index is 0.252. The Morgan fingerprint density at radius 2 is 0.971 bits per heavy atom. The van der Waals surface area contributed by atoms with Crippen molar-refractivity contribution < 1.29 is 64.6 Å². The van der Waals surface area contributed by atoms with Crippen molar-refractivity contribution in [2.24, 2.45) is 0 Å². The highest BCUT2D eigenvalue weighted by Gasteiger charge is 2.51. The van der Waals surface area contributed by atoms with Gasteiger partial charge in [0.05, 0.1) is 32.0 Å². The summed E-state index contributed by atoms with van der Waals surface area (Å²) in [5.41, 5.74) is 0. The molecule has 0 bridgehead atoms. The molecule has 69 heavy (non-hydrogen) atoms. The highest BCUT2D eigenvalue weighted by Crippen LogP contribution is 2.30. The molecule has 0 saturated carbocycles. The minimum Gasteiger partial charge on any atom is -0.394 e. The summed E-state index contributed by atoms with van der Waals surface area (Å²) in [7, 11) is 0. The van der Waals surface area contributed by atoms with Crippen molar-refractivity contribution in [3.05, 3.63) is 72.9 Å². The standard InChI is InChI=1S/C55H95NO13/c1-3-5-7-9-11-13-15-17-19-20-21-22-23-24-25-27-29-31-33-35-37-39-47(60)56-43(44(59)38-36-34-32-30-28-26-18-16-14-12-10-8-6-4-2)42-66-54-52(65)50(63)53(46(41-58)68-54)69-55-51(64)49(62)48(61)45(40-57)67-55/h14-17,20-21,23-24,28,30,36,38,43-46,48-55,57-59,61-65H,3-13,18-19,22,25-27,29,31-35,37,39-42H2,1-2H3,(H,56,60)/b16-14+,17-15-,21-20-,24-23-,30-28+,38-36+. The highest BCUT2D eigenvalue weighted by atomic mass is 16.7. The van der Waals surface area contributed by atoms with Crippen LogP contribution in [0.2, 0.25) is 0 Å². The molecule has 12 unspecified atom stereocenters. The predicted molar refractivity (Wildman–Crippen MR) is 272 cm³/mol. The number of nitrogens with one attached hydrogen (secondary N) is 1. The van der Waals surface area contributed by atoms with Crippen molar-refractivity contribution in [2.45, 2.75) is 248 Å². The van der Waals surface area contributed by atoms with Crippen molar-refractivity contribution in [3.63, 3.8) is 0 Å². The van der Waals surface area contributed by atoms with Crippen molar-refractivity contribution in [3.8, 4) is 0 Å². The maximum Gasteiger partial charge on any atom is 0.220 e. The molecular weight excluding hydrogens is 883 g/mol. The van der Waals surface area contributed by atoms with Crippen molar-refractivity contribution >= 4 is 5.91 Å². The number of carbonyl (C=O) groups is 1. The smallest absolute Gasteiger partial charge is 0.220 e. The van der Waals surface area contributed by atoms with E-state index in [0.717, 1.165) is 77.0 Å². The van der Waals surface area contributed by atoms with Gasteiger partial charge in [-0.25, -0.2) is 0 Å². The van der Waals surface area contributed by atoms with Gasteiger partial charge in [0.2, 0.25) is 5.91 Å². The molecule has 2 rings (SSSR count). The molecule has 1 amide bonds. The van der Waals surface area contributed by atoms with Gasteiger partial charge in [0.15, 0.2) is 12.6 Å². The lowest BCUT2D eigenvalue weighted by Crippen LogP contribution is -2.65. The number of unbranched alkanes of at least 4 members (excludes halogenated alkanes) is 17. The van der Waals surface area contributed by atoms with Crippen molar-refractivity contribution in [1.82, 2.24) is 5.32 Å². The van der Waals surface area contributed by atoms with Crippen LogP contribution in [0.1, 0.15) is 174 Å². The number of allylic oxidation sites excluding steroid dienone is 11. The van der Waals surface area contributed by atoms with Gasteiger partial charge < -0.3 is 65.1 Å². The number of rotatable bonds is 40. The number of aliphatic hydroxyl groups is 8. The summed E-state index contributed by atoms with van der Waals surface area (Å²) in [6.45, 7) is 2.70. The Morgan fingerprint density at radius 1 is 0.522 bits per heavy atom. The second kappa shape index (κ2) is 41.0. The van der Waals surface area contributed by atoms with Gasteiger partial charge in [-0.3, -0.25) is 4.79 Å². The Morgan fingerprint density at radius 3 is 1.54 bits per heavy atom. The maximum absolute atomic E-state index is 13.2. The molecular formula is C55H95NO13. The summed E-state index contributed by atoms with van der Waals surface area (Å²) >= 11 is 0. The van der Waals surface area contributed by atoms with E-state index in [2.05, 4.69) is 79.9 Å². The summed E-state index contributed by atoms with van der Waals surface area (Å²) < 4.78 is 22.7. The third-order valence-electron chi connectivity index (χ3n) is 12.6. The monoisotopic (exact) mass is 978 g/mol. The summed E-state index contributed by atoms with van der Waals surface area (Å²) in [5, 5.41) is 86.8. The SMILES string of the molecule is CCCCCC/C=C/CC/C=C/CC/C=C/C(O)C(COC1OC(CO)C(OC2OC(CO)C(O)C(O)C2O)C(O)C1O)NC(=O)CCCCCCCC/C=C\C/C=C\C/C=C\CCCCCCC. The molecule has 14 nitrogen and oxygen atoms in total. The van der Waals surface area contributed by atoms with E-state index in [9.17, 15) is 45.6 Å². The number of aliphatic hydroxyl groups excluding tert-OH is 8. The first kappa shape index (κ1) is 62.5. The first-order chi connectivity index (χ1) is 33.6. The molecule has 2 aliphatic heterocycles. The van der Waals surface area contributed by atoms with E-state index in [1.165, 1.54) is 64.2 Å². The number of ether oxygens (including phenoxy) is 4. The molecule has 2 heterocycles. The third-order valence-corrected chi connectivity index (χ3v) is 12.6. The molecule has 398 valence electrons. The first-order valence-electron chi connectivity index (χ1n) is 26.7. The fourth-order valence-corrected chi connectivity index (χ4v) is 8.21. The van der Waals surface area contributed by atoms with Crippen LogP contribution in [0.15, 0.2) is 72.9 Å². The Kier molecular flexibility index (Phi) is 37.1. The summed E-state index contributed by atoms with van der Waals surface area (Å²) in [6.07, 6.45) is 35.1. The van der Waals surface area contributed by atoms with Gasteiger partial charge in [0.25, 0.3) is 0 Å². The lowest BCUT2D eigenvalue weighted by molar-refractivity contribution is -0.359. The summed E-state index contributed by atoms with van der Waals surface area (Å²) in [6, 6.07) is -0.947. The number of hydrogen-bond acceptors (Lipinski definition) is 13. The molecule has 0 spiro atoms. The zero-order valence-electron chi connectivity index (χ0n) is 42.3. The molecule has 0 aliphatic carbocycles. The van der Waals surface area contributed by atoms with E-state index in [4.69, 9.17) is 18.9 Å². The fraction of sp³-hybridized carbons (Fsp3) is 0.764. The molecule has 2 fully saturated rings. The molecule has 0 aromatic rings. The van der Waals surface area contributed by atoms with E-state index in [1.54, 1.807) is 6.08 Å². The van der Waals surface area contributed by atoms with Crippen LogP contribution in [0.3, 0.4) is 0 Å². The Bertz CT molecular complexity index is 1430. The van der Waals surface area contributed by atoms with Gasteiger partial charge in [0, 0.05) is 6.42 Å². The number of hydrogen-bond donors (Lipinski definition) is 9. The second-order valence-electron chi connectivity index (χ2n) is 18.6. The zero-order valence-corrected chi connectivity index (χ0v) is 42.3. The third kappa shape index (κ3) is 27.7. The van der Waals surface area contributed by atoms with Crippen LogP contribution in [-0.4, -0.2) is 140 Å². The van der Waals surface area contributed by atoms with Gasteiger partial charge in [0.1, 0.15) is 48.8 Å². The van der Waals surface area contributed by atoms with Crippen LogP contribution >= 0.6 is 0 Å². The fourth-order valence-electron chi connectivity index (χ4n) is 8.21. The van der Waals surface area contributed by atoms with E-state index in [1.807, 2.05) is 6.08 Å². The molecule has 2 aliphatic rings. The normalized spacial score (nSPS) is 26.8. The van der Waals surface area contributed by atoms with E-state index in [0.29, 0.717) is 12.8 Å². The summed E-state index contributed by atoms with van der Waals surface area (Å²) in [5.74, 6) is -0.270. The van der Waals surface area contributed by atoms with Crippen LogP contribution < -0.4 is 5.32 Å². The molecule has 0 aromatic heterocycles. The van der Waals surface area contributed by atoms with Crippen LogP contribution in [0.5, 0.6) is 0 Å². The minimum atomic E-state index is -1.80. The Balaban J connectivity index is 1.84. The lowest BCUT2D eigenvalue weighted by atomic mass is 9.97. The van der Waals surface area contributed by atoms with Gasteiger partial charge in [-0.2, -0.15) is 0 Å². The molecule has 14 heteroatoms. The maximum atomic E-state index is 13.2. The van der Waals surface area contributed by atoms with Crippen molar-refractivity contribution in [1.29, 1.82) is 0 Å². The molecule has 0 aromatic carbocycles. The molecule has 0 radical (unpaired) electrons. The lowest BCUT2D eigenvalue weighted by Gasteiger charge is -2.46. The largest absolute Gasteiger partial charge is 0.394 e. The number of amides is 1. The first-order valence-corrected chi connectivity index (χ1v) is 26.7.